The summed E-state index contributed by atoms with van der Waals surface area (Å²) < 4.78 is 0. The molecular weight excluding hydrogens is 202 g/mol. The van der Waals surface area contributed by atoms with E-state index in [1.807, 2.05) is 0 Å². The van der Waals surface area contributed by atoms with Crippen LogP contribution in [0, 0.1) is 5.41 Å². The predicted octanol–water partition coefficient (Wildman–Crippen LogP) is 3.44. The maximum absolute atomic E-state index is 3.82. The van der Waals surface area contributed by atoms with Crippen molar-refractivity contribution in [3.05, 3.63) is 0 Å². The van der Waals surface area contributed by atoms with Crippen LogP contribution >= 0.6 is 11.8 Å². The van der Waals surface area contributed by atoms with E-state index in [0.717, 1.165) is 11.3 Å². The van der Waals surface area contributed by atoms with Gasteiger partial charge in [-0.15, -0.1) is 0 Å². The maximum Gasteiger partial charge on any atom is 0.0191 e. The molecule has 0 aromatic carbocycles. The van der Waals surface area contributed by atoms with Crippen molar-refractivity contribution in [2.45, 2.75) is 63.7 Å². The van der Waals surface area contributed by atoms with Crippen molar-refractivity contribution in [2.24, 2.45) is 5.41 Å². The molecule has 0 aromatic rings. The van der Waals surface area contributed by atoms with Crippen LogP contribution in [-0.4, -0.2) is 23.6 Å². The molecule has 0 amide bonds. The number of hydrogen-bond donors (Lipinski definition) is 1. The van der Waals surface area contributed by atoms with E-state index in [-0.39, 0.29) is 0 Å². The molecule has 0 radical (unpaired) electrons. The van der Waals surface area contributed by atoms with Crippen molar-refractivity contribution >= 4 is 11.8 Å². The number of thioether (sulfide) groups is 1. The highest BCUT2D eigenvalue weighted by atomic mass is 32.2. The summed E-state index contributed by atoms with van der Waals surface area (Å²) in [4.78, 5) is 0. The Balaban J connectivity index is 1.76. The van der Waals surface area contributed by atoms with Crippen LogP contribution in [0.3, 0.4) is 0 Å². The van der Waals surface area contributed by atoms with E-state index in [0.29, 0.717) is 5.41 Å². The first kappa shape index (κ1) is 11.8. The lowest BCUT2D eigenvalue weighted by Gasteiger charge is -2.35. The predicted molar refractivity (Wildman–Crippen MR) is 69.5 cm³/mol. The van der Waals surface area contributed by atoms with Crippen molar-refractivity contribution < 1.29 is 0 Å². The normalized spacial score (nSPS) is 35.6. The summed E-state index contributed by atoms with van der Waals surface area (Å²) >= 11 is 2.13. The SMILES string of the molecule is CC1SCCC1NCC1(C)CCCCC1. The van der Waals surface area contributed by atoms with Crippen LogP contribution in [0.1, 0.15) is 52.4 Å². The lowest BCUT2D eigenvalue weighted by molar-refractivity contribution is 0.200. The quantitative estimate of drug-likeness (QED) is 0.792. The summed E-state index contributed by atoms with van der Waals surface area (Å²) in [7, 11) is 0. The first-order valence-electron chi connectivity index (χ1n) is 6.55. The second kappa shape index (κ2) is 5.09. The minimum absolute atomic E-state index is 0.602. The Bertz CT molecular complexity index is 199. The zero-order chi connectivity index (χ0) is 10.7. The molecule has 1 nitrogen and oxygen atoms in total. The van der Waals surface area contributed by atoms with Gasteiger partial charge in [-0.3, -0.25) is 0 Å². The molecule has 1 saturated carbocycles. The van der Waals surface area contributed by atoms with Gasteiger partial charge in [0.25, 0.3) is 0 Å². The Hall–Kier alpha value is 0.310. The third-order valence-corrected chi connectivity index (χ3v) is 5.55. The summed E-state index contributed by atoms with van der Waals surface area (Å²) in [5, 5.41) is 4.65. The summed E-state index contributed by atoms with van der Waals surface area (Å²) in [6.45, 7) is 6.10. The Kier molecular flexibility index (Phi) is 4.00. The minimum atomic E-state index is 0.602. The highest BCUT2D eigenvalue weighted by Gasteiger charge is 2.30. The molecule has 1 aliphatic carbocycles. The largest absolute Gasteiger partial charge is 0.312 e. The molecule has 2 unspecified atom stereocenters. The van der Waals surface area contributed by atoms with Crippen LogP contribution in [-0.2, 0) is 0 Å². The van der Waals surface area contributed by atoms with Gasteiger partial charge in [0.1, 0.15) is 0 Å². The highest BCUT2D eigenvalue weighted by molar-refractivity contribution is 8.00. The highest BCUT2D eigenvalue weighted by Crippen LogP contribution is 2.36. The Labute approximate surface area is 98.8 Å². The molecule has 1 saturated heterocycles. The molecule has 0 bridgehead atoms. The number of hydrogen-bond acceptors (Lipinski definition) is 2. The third-order valence-electron chi connectivity index (χ3n) is 4.23. The van der Waals surface area contributed by atoms with Crippen molar-refractivity contribution in [3.63, 3.8) is 0 Å². The lowest BCUT2D eigenvalue weighted by atomic mass is 9.75. The Morgan fingerprint density at radius 1 is 1.27 bits per heavy atom. The second-order valence-corrected chi connectivity index (χ2v) is 7.21. The maximum atomic E-state index is 3.82. The molecule has 88 valence electrons. The molecule has 1 N–H and O–H groups in total. The van der Waals surface area contributed by atoms with Gasteiger partial charge in [0, 0.05) is 17.8 Å². The summed E-state index contributed by atoms with van der Waals surface area (Å²) in [5.41, 5.74) is 0.602. The van der Waals surface area contributed by atoms with E-state index in [1.54, 1.807) is 0 Å². The fourth-order valence-electron chi connectivity index (χ4n) is 2.96. The van der Waals surface area contributed by atoms with E-state index in [2.05, 4.69) is 30.9 Å². The van der Waals surface area contributed by atoms with Gasteiger partial charge in [0.15, 0.2) is 0 Å². The van der Waals surface area contributed by atoms with Gasteiger partial charge in [-0.2, -0.15) is 11.8 Å². The number of rotatable bonds is 3. The standard InChI is InChI=1S/C13H25NS/c1-11-12(6-9-15-11)14-10-13(2)7-4-3-5-8-13/h11-12,14H,3-10H2,1-2H3. The molecule has 2 atom stereocenters. The third kappa shape index (κ3) is 3.13. The van der Waals surface area contributed by atoms with Crippen LogP contribution in [0.4, 0.5) is 0 Å². The van der Waals surface area contributed by atoms with Gasteiger partial charge in [-0.1, -0.05) is 33.1 Å². The smallest absolute Gasteiger partial charge is 0.0191 e. The van der Waals surface area contributed by atoms with Crippen LogP contribution < -0.4 is 5.32 Å². The minimum Gasteiger partial charge on any atom is -0.312 e. The van der Waals surface area contributed by atoms with E-state index in [4.69, 9.17) is 0 Å². The molecule has 2 fully saturated rings. The Morgan fingerprint density at radius 2 is 2.00 bits per heavy atom. The van der Waals surface area contributed by atoms with E-state index >= 15 is 0 Å². The zero-order valence-corrected chi connectivity index (χ0v) is 11.0. The van der Waals surface area contributed by atoms with Gasteiger partial charge in [0.05, 0.1) is 0 Å². The van der Waals surface area contributed by atoms with Gasteiger partial charge < -0.3 is 5.32 Å². The van der Waals surface area contributed by atoms with Crippen molar-refractivity contribution in [1.82, 2.24) is 5.32 Å². The monoisotopic (exact) mass is 227 g/mol. The van der Waals surface area contributed by atoms with Gasteiger partial charge in [-0.05, 0) is 30.4 Å². The van der Waals surface area contributed by atoms with E-state index in [1.165, 1.54) is 50.8 Å². The fraction of sp³-hybridized carbons (Fsp3) is 1.00. The van der Waals surface area contributed by atoms with E-state index < -0.39 is 0 Å². The molecule has 2 heteroatoms. The topological polar surface area (TPSA) is 12.0 Å². The van der Waals surface area contributed by atoms with Crippen molar-refractivity contribution in [3.8, 4) is 0 Å². The van der Waals surface area contributed by atoms with Crippen LogP contribution in [0.15, 0.2) is 0 Å². The number of nitrogens with one attached hydrogen (secondary N) is 1. The zero-order valence-electron chi connectivity index (χ0n) is 10.2. The lowest BCUT2D eigenvalue weighted by Crippen LogP contribution is -2.41. The van der Waals surface area contributed by atoms with Crippen molar-refractivity contribution in [1.29, 1.82) is 0 Å². The summed E-state index contributed by atoms with van der Waals surface area (Å²) in [6.07, 6.45) is 8.62. The van der Waals surface area contributed by atoms with Crippen molar-refractivity contribution in [2.75, 3.05) is 12.3 Å². The molecular formula is C13H25NS. The molecule has 0 aromatic heterocycles. The fourth-order valence-corrected chi connectivity index (χ4v) is 4.19. The van der Waals surface area contributed by atoms with Crippen LogP contribution in [0.25, 0.3) is 0 Å². The van der Waals surface area contributed by atoms with E-state index in [9.17, 15) is 0 Å². The summed E-state index contributed by atoms with van der Waals surface area (Å²) in [6, 6.07) is 0.786. The first-order valence-corrected chi connectivity index (χ1v) is 7.59. The van der Waals surface area contributed by atoms with Gasteiger partial charge in [-0.25, -0.2) is 0 Å². The van der Waals surface area contributed by atoms with Gasteiger partial charge in [0.2, 0.25) is 0 Å². The molecule has 1 aliphatic heterocycles. The Morgan fingerprint density at radius 3 is 2.60 bits per heavy atom. The van der Waals surface area contributed by atoms with Crippen LogP contribution in [0.2, 0.25) is 0 Å². The molecule has 2 rings (SSSR count). The van der Waals surface area contributed by atoms with Gasteiger partial charge >= 0.3 is 0 Å². The molecule has 1 heterocycles. The average molecular weight is 227 g/mol. The average Bonchev–Trinajstić information content (AvgIpc) is 2.62. The molecule has 0 spiro atoms. The molecule has 2 aliphatic rings. The molecule has 15 heavy (non-hydrogen) atoms. The summed E-state index contributed by atoms with van der Waals surface area (Å²) in [5.74, 6) is 1.36. The second-order valence-electron chi connectivity index (χ2n) is 5.72. The first-order chi connectivity index (χ1) is 7.20. The van der Waals surface area contributed by atoms with Crippen LogP contribution in [0.5, 0.6) is 0 Å².